The number of hydrogen-bond donors (Lipinski definition) is 1. The van der Waals surface area contributed by atoms with Crippen molar-refractivity contribution in [1.82, 2.24) is 14.5 Å². The molecule has 0 radical (unpaired) electrons. The number of nitrogens with zero attached hydrogens (tertiary/aromatic N) is 2. The number of sulfonamides is 1. The van der Waals surface area contributed by atoms with Gasteiger partial charge in [-0.25, -0.2) is 8.42 Å². The Morgan fingerprint density at radius 3 is 2.29 bits per heavy atom. The summed E-state index contributed by atoms with van der Waals surface area (Å²) in [4.78, 5) is 14.4. The highest BCUT2D eigenvalue weighted by Crippen LogP contribution is 2.21. The largest absolute Gasteiger partial charge is 0.351 e. The van der Waals surface area contributed by atoms with Crippen LogP contribution in [-0.2, 0) is 27.9 Å². The number of nitrogens with one attached hydrogen (secondary N) is 1. The van der Waals surface area contributed by atoms with E-state index >= 15 is 0 Å². The second-order valence-electron chi connectivity index (χ2n) is 7.19. The molecule has 6 nitrogen and oxygen atoms in total. The molecule has 1 heterocycles. The molecule has 3 rings (SSSR count). The van der Waals surface area contributed by atoms with Gasteiger partial charge >= 0.3 is 0 Å². The Hall–Kier alpha value is -2.22. The van der Waals surface area contributed by atoms with Crippen molar-refractivity contribution in [3.63, 3.8) is 0 Å². The molecule has 1 saturated heterocycles. The maximum Gasteiger partial charge on any atom is 0.243 e. The summed E-state index contributed by atoms with van der Waals surface area (Å²) in [6.07, 6.45) is 1.84. The molecule has 1 N–H and O–H groups in total. The van der Waals surface area contributed by atoms with Crippen LogP contribution in [0.3, 0.4) is 0 Å². The number of hydrogen-bond acceptors (Lipinski definition) is 4. The molecule has 0 aliphatic carbocycles. The van der Waals surface area contributed by atoms with E-state index in [9.17, 15) is 13.2 Å². The lowest BCUT2D eigenvalue weighted by atomic mass is 10.2. The summed E-state index contributed by atoms with van der Waals surface area (Å²) in [5.74, 6) is -0.0628. The number of amides is 1. The molecule has 0 bridgehead atoms. The predicted molar refractivity (Wildman–Crippen MR) is 109 cm³/mol. The second-order valence-corrected chi connectivity index (χ2v) is 9.13. The number of rotatable bonds is 8. The second kappa shape index (κ2) is 9.32. The zero-order valence-corrected chi connectivity index (χ0v) is 17.0. The van der Waals surface area contributed by atoms with Gasteiger partial charge in [0.25, 0.3) is 0 Å². The van der Waals surface area contributed by atoms with Crippen LogP contribution in [0.4, 0.5) is 0 Å². The molecule has 1 aliphatic rings. The van der Waals surface area contributed by atoms with Crippen molar-refractivity contribution in [2.75, 3.05) is 26.7 Å². The standard InChI is InChI=1S/C21H27N3O3S/c1-23(16-19-7-3-2-4-8-19)17-21(25)22-15-18-9-11-20(12-10-18)28(26,27)24-13-5-6-14-24/h2-4,7-12H,5-6,13-17H2,1H3,(H,22,25). The number of likely N-dealkylation sites (N-methyl/N-ethyl adjacent to an activating group) is 1. The van der Waals surface area contributed by atoms with E-state index in [-0.39, 0.29) is 5.91 Å². The van der Waals surface area contributed by atoms with E-state index in [4.69, 9.17) is 0 Å². The molecule has 2 aromatic carbocycles. The van der Waals surface area contributed by atoms with Crippen molar-refractivity contribution in [2.45, 2.75) is 30.8 Å². The van der Waals surface area contributed by atoms with Gasteiger partial charge in [0.2, 0.25) is 15.9 Å². The molecule has 2 aromatic rings. The summed E-state index contributed by atoms with van der Waals surface area (Å²) < 4.78 is 26.6. The fourth-order valence-electron chi connectivity index (χ4n) is 3.31. The highest BCUT2D eigenvalue weighted by Gasteiger charge is 2.26. The van der Waals surface area contributed by atoms with Crippen molar-refractivity contribution in [3.8, 4) is 0 Å². The van der Waals surface area contributed by atoms with Crippen molar-refractivity contribution < 1.29 is 13.2 Å². The predicted octanol–water partition coefficient (Wildman–Crippen LogP) is 2.22. The van der Waals surface area contributed by atoms with Crippen LogP contribution < -0.4 is 5.32 Å². The molecule has 150 valence electrons. The molecule has 7 heteroatoms. The molecule has 0 spiro atoms. The molecule has 1 amide bonds. The first-order chi connectivity index (χ1) is 13.4. The highest BCUT2D eigenvalue weighted by molar-refractivity contribution is 7.89. The topological polar surface area (TPSA) is 69.7 Å². The van der Waals surface area contributed by atoms with E-state index < -0.39 is 10.0 Å². The lowest BCUT2D eigenvalue weighted by Crippen LogP contribution is -2.34. The molecule has 1 aliphatic heterocycles. The van der Waals surface area contributed by atoms with Gasteiger partial charge in [0.15, 0.2) is 0 Å². The van der Waals surface area contributed by atoms with Gasteiger partial charge in [-0.2, -0.15) is 4.31 Å². The number of benzene rings is 2. The normalized spacial score (nSPS) is 15.1. The van der Waals surface area contributed by atoms with Crippen molar-refractivity contribution in [3.05, 3.63) is 65.7 Å². The third-order valence-corrected chi connectivity index (χ3v) is 6.74. The molecule has 0 atom stereocenters. The summed E-state index contributed by atoms with van der Waals surface area (Å²) in [6, 6.07) is 16.8. The minimum atomic E-state index is -3.39. The van der Waals surface area contributed by atoms with Gasteiger partial charge < -0.3 is 5.32 Å². The molecule has 0 saturated carbocycles. The minimum absolute atomic E-state index is 0.0628. The summed E-state index contributed by atoms with van der Waals surface area (Å²) in [5.41, 5.74) is 2.03. The van der Waals surface area contributed by atoms with Crippen molar-refractivity contribution in [1.29, 1.82) is 0 Å². The molecular formula is C21H27N3O3S. The lowest BCUT2D eigenvalue weighted by Gasteiger charge is -2.17. The Morgan fingerprint density at radius 1 is 1.00 bits per heavy atom. The van der Waals surface area contributed by atoms with Crippen LogP contribution in [0.1, 0.15) is 24.0 Å². The van der Waals surface area contributed by atoms with E-state index in [2.05, 4.69) is 5.32 Å². The average Bonchev–Trinajstić information content (AvgIpc) is 3.23. The van der Waals surface area contributed by atoms with Crippen LogP contribution in [0.2, 0.25) is 0 Å². The van der Waals surface area contributed by atoms with Gasteiger partial charge in [0.1, 0.15) is 0 Å². The highest BCUT2D eigenvalue weighted by atomic mass is 32.2. The summed E-state index contributed by atoms with van der Waals surface area (Å²) in [7, 11) is -1.49. The zero-order chi connectivity index (χ0) is 20.0. The first kappa shape index (κ1) is 20.5. The molecule has 28 heavy (non-hydrogen) atoms. The maximum atomic E-state index is 12.5. The fourth-order valence-corrected chi connectivity index (χ4v) is 4.83. The Kier molecular flexibility index (Phi) is 6.83. The Morgan fingerprint density at radius 2 is 1.64 bits per heavy atom. The van der Waals surface area contributed by atoms with Crippen LogP contribution in [0.25, 0.3) is 0 Å². The third kappa shape index (κ3) is 5.41. The van der Waals surface area contributed by atoms with Crippen LogP contribution in [0.5, 0.6) is 0 Å². The van der Waals surface area contributed by atoms with Crippen molar-refractivity contribution >= 4 is 15.9 Å². The average molecular weight is 402 g/mol. The van der Waals surface area contributed by atoms with E-state index in [1.54, 1.807) is 24.3 Å². The van der Waals surface area contributed by atoms with E-state index in [1.165, 1.54) is 4.31 Å². The monoisotopic (exact) mass is 401 g/mol. The molecule has 1 fully saturated rings. The summed E-state index contributed by atoms with van der Waals surface area (Å²) >= 11 is 0. The summed E-state index contributed by atoms with van der Waals surface area (Å²) in [5, 5.41) is 2.89. The SMILES string of the molecule is CN(CC(=O)NCc1ccc(S(=O)(=O)N2CCCC2)cc1)Cc1ccccc1. The lowest BCUT2D eigenvalue weighted by molar-refractivity contribution is -0.122. The van der Waals surface area contributed by atoms with Gasteiger partial charge in [0, 0.05) is 26.2 Å². The molecule has 0 aromatic heterocycles. The fraction of sp³-hybridized carbons (Fsp3) is 0.381. The molecular weight excluding hydrogens is 374 g/mol. The van der Waals surface area contributed by atoms with Gasteiger partial charge in [-0.3, -0.25) is 9.69 Å². The van der Waals surface area contributed by atoms with Gasteiger partial charge in [-0.15, -0.1) is 0 Å². The van der Waals surface area contributed by atoms with Gasteiger partial charge in [0.05, 0.1) is 11.4 Å². The van der Waals surface area contributed by atoms with E-state index in [1.807, 2.05) is 42.3 Å². The van der Waals surface area contributed by atoms with Crippen molar-refractivity contribution in [2.24, 2.45) is 0 Å². The zero-order valence-electron chi connectivity index (χ0n) is 16.2. The Balaban J connectivity index is 1.48. The maximum absolute atomic E-state index is 12.5. The van der Waals surface area contributed by atoms with E-state index in [0.29, 0.717) is 37.6 Å². The first-order valence-electron chi connectivity index (χ1n) is 9.53. The Labute approximate surface area is 167 Å². The molecule has 0 unspecified atom stereocenters. The van der Waals surface area contributed by atoms with E-state index in [0.717, 1.165) is 24.0 Å². The van der Waals surface area contributed by atoms with Crippen LogP contribution in [-0.4, -0.2) is 50.2 Å². The van der Waals surface area contributed by atoms with Crippen LogP contribution in [0.15, 0.2) is 59.5 Å². The van der Waals surface area contributed by atoms with Crippen LogP contribution >= 0.6 is 0 Å². The third-order valence-electron chi connectivity index (χ3n) is 4.82. The van der Waals surface area contributed by atoms with Gasteiger partial charge in [-0.05, 0) is 43.1 Å². The van der Waals surface area contributed by atoms with Gasteiger partial charge in [-0.1, -0.05) is 42.5 Å². The van der Waals surface area contributed by atoms with Crippen LogP contribution in [0, 0.1) is 0 Å². The first-order valence-corrected chi connectivity index (χ1v) is 11.0. The number of carbonyl (C=O) groups excluding carboxylic acids is 1. The smallest absolute Gasteiger partial charge is 0.243 e. The number of carbonyl (C=O) groups is 1. The minimum Gasteiger partial charge on any atom is -0.351 e. The summed E-state index contributed by atoms with van der Waals surface area (Å²) in [6.45, 7) is 2.57. The quantitative estimate of drug-likeness (QED) is 0.736. The Bertz CT molecular complexity index is 877.